The maximum Gasteiger partial charge on any atom is 0.124 e. The molecule has 4 heteroatoms. The summed E-state index contributed by atoms with van der Waals surface area (Å²) in [4.78, 5) is 0. The smallest absolute Gasteiger partial charge is 0.124 e. The Hall–Kier alpha value is -1.38. The van der Waals surface area contributed by atoms with Crippen molar-refractivity contribution in [3.63, 3.8) is 0 Å². The summed E-state index contributed by atoms with van der Waals surface area (Å²) in [6.07, 6.45) is 0.975. The van der Waals surface area contributed by atoms with E-state index in [1.54, 1.807) is 0 Å². The molecule has 0 aliphatic rings. The van der Waals surface area contributed by atoms with Crippen LogP contribution in [0.15, 0.2) is 36.4 Å². The SMILES string of the molecule is CCCOc1ccc(Cl)cc1CNc1cc(Cl)ccc1C. The molecule has 0 spiro atoms. The van der Waals surface area contributed by atoms with Gasteiger partial charge in [0.25, 0.3) is 0 Å². The fourth-order valence-corrected chi connectivity index (χ4v) is 2.38. The summed E-state index contributed by atoms with van der Waals surface area (Å²) in [5.41, 5.74) is 3.21. The monoisotopic (exact) mass is 323 g/mol. The van der Waals surface area contributed by atoms with E-state index in [2.05, 4.69) is 12.2 Å². The lowest BCUT2D eigenvalue weighted by atomic mass is 10.1. The molecule has 0 heterocycles. The van der Waals surface area contributed by atoms with Gasteiger partial charge in [0.05, 0.1) is 6.61 Å². The minimum absolute atomic E-state index is 0.640. The number of hydrogen-bond acceptors (Lipinski definition) is 2. The molecule has 0 aliphatic carbocycles. The Bertz CT molecular complexity index is 614. The van der Waals surface area contributed by atoms with Gasteiger partial charge in [-0.2, -0.15) is 0 Å². The van der Waals surface area contributed by atoms with E-state index in [4.69, 9.17) is 27.9 Å². The van der Waals surface area contributed by atoms with Gasteiger partial charge in [-0.25, -0.2) is 0 Å². The summed E-state index contributed by atoms with van der Waals surface area (Å²) < 4.78 is 5.76. The van der Waals surface area contributed by atoms with E-state index < -0.39 is 0 Å². The molecule has 0 amide bonds. The number of benzene rings is 2. The number of nitrogens with one attached hydrogen (secondary N) is 1. The van der Waals surface area contributed by atoms with Gasteiger partial charge in [-0.05, 0) is 49.2 Å². The van der Waals surface area contributed by atoms with Crippen molar-refractivity contribution in [2.24, 2.45) is 0 Å². The molecular weight excluding hydrogens is 305 g/mol. The summed E-state index contributed by atoms with van der Waals surface area (Å²) in [6, 6.07) is 11.5. The Kier molecular flexibility index (Phi) is 5.77. The van der Waals surface area contributed by atoms with E-state index in [0.717, 1.165) is 34.0 Å². The lowest BCUT2D eigenvalue weighted by Crippen LogP contribution is -2.05. The summed E-state index contributed by atoms with van der Waals surface area (Å²) in [7, 11) is 0. The largest absolute Gasteiger partial charge is 0.493 e. The number of anilines is 1. The summed E-state index contributed by atoms with van der Waals surface area (Å²) in [5.74, 6) is 0.869. The first-order valence-electron chi connectivity index (χ1n) is 7.01. The van der Waals surface area contributed by atoms with Crippen LogP contribution in [-0.2, 0) is 6.54 Å². The highest BCUT2D eigenvalue weighted by molar-refractivity contribution is 6.31. The van der Waals surface area contributed by atoms with E-state index in [1.807, 2.05) is 43.3 Å². The van der Waals surface area contributed by atoms with Crippen molar-refractivity contribution < 1.29 is 4.74 Å². The number of aryl methyl sites for hydroxylation is 1. The van der Waals surface area contributed by atoms with E-state index >= 15 is 0 Å². The van der Waals surface area contributed by atoms with E-state index in [-0.39, 0.29) is 0 Å². The lowest BCUT2D eigenvalue weighted by Gasteiger charge is -2.14. The highest BCUT2D eigenvalue weighted by atomic mass is 35.5. The minimum Gasteiger partial charge on any atom is -0.493 e. The quantitative estimate of drug-likeness (QED) is 0.735. The molecule has 0 saturated heterocycles. The molecule has 2 rings (SSSR count). The summed E-state index contributed by atoms with van der Waals surface area (Å²) >= 11 is 12.1. The Balaban J connectivity index is 2.14. The van der Waals surface area contributed by atoms with Crippen LogP contribution in [-0.4, -0.2) is 6.61 Å². The third-order valence-electron chi connectivity index (χ3n) is 3.15. The zero-order valence-electron chi connectivity index (χ0n) is 12.2. The molecule has 0 radical (unpaired) electrons. The number of hydrogen-bond donors (Lipinski definition) is 1. The number of halogens is 2. The number of ether oxygens (including phenoxy) is 1. The fraction of sp³-hybridized carbons (Fsp3) is 0.294. The van der Waals surface area contributed by atoms with Crippen molar-refractivity contribution in [1.29, 1.82) is 0 Å². The first kappa shape index (κ1) is 16.0. The van der Waals surface area contributed by atoms with Gasteiger partial charge in [0.2, 0.25) is 0 Å². The zero-order chi connectivity index (χ0) is 15.2. The molecule has 2 aromatic carbocycles. The summed E-state index contributed by atoms with van der Waals surface area (Å²) in [6.45, 7) is 5.47. The molecule has 1 N–H and O–H groups in total. The predicted octanol–water partition coefficient (Wildman–Crippen LogP) is 5.70. The molecule has 112 valence electrons. The van der Waals surface area contributed by atoms with Gasteiger partial charge in [-0.15, -0.1) is 0 Å². The van der Waals surface area contributed by atoms with Crippen LogP contribution in [0.1, 0.15) is 24.5 Å². The van der Waals surface area contributed by atoms with Gasteiger partial charge in [-0.3, -0.25) is 0 Å². The van der Waals surface area contributed by atoms with E-state index in [0.29, 0.717) is 18.2 Å². The van der Waals surface area contributed by atoms with Crippen LogP contribution in [0.3, 0.4) is 0 Å². The average molecular weight is 324 g/mol. The van der Waals surface area contributed by atoms with Gasteiger partial charge in [0, 0.05) is 27.8 Å². The second-order valence-corrected chi connectivity index (χ2v) is 5.79. The van der Waals surface area contributed by atoms with E-state index in [9.17, 15) is 0 Å². The molecule has 0 bridgehead atoms. The molecule has 0 fully saturated rings. The van der Waals surface area contributed by atoms with Crippen molar-refractivity contribution >= 4 is 28.9 Å². The van der Waals surface area contributed by atoms with Gasteiger partial charge in [0.1, 0.15) is 5.75 Å². The molecule has 21 heavy (non-hydrogen) atoms. The third kappa shape index (κ3) is 4.55. The summed E-state index contributed by atoms with van der Waals surface area (Å²) in [5, 5.41) is 4.82. The highest BCUT2D eigenvalue weighted by Gasteiger charge is 2.06. The molecule has 2 aromatic rings. The third-order valence-corrected chi connectivity index (χ3v) is 3.62. The van der Waals surface area contributed by atoms with Crippen molar-refractivity contribution in [3.05, 3.63) is 57.6 Å². The van der Waals surface area contributed by atoms with Crippen molar-refractivity contribution in [2.75, 3.05) is 11.9 Å². The lowest BCUT2D eigenvalue weighted by molar-refractivity contribution is 0.314. The maximum atomic E-state index is 6.08. The van der Waals surface area contributed by atoms with Gasteiger partial charge < -0.3 is 10.1 Å². The molecule has 0 aliphatic heterocycles. The molecule has 0 atom stereocenters. The molecular formula is C17H19Cl2NO. The predicted molar refractivity (Wildman–Crippen MR) is 90.8 cm³/mol. The average Bonchev–Trinajstić information content (AvgIpc) is 2.47. The van der Waals surface area contributed by atoms with Crippen LogP contribution in [0, 0.1) is 6.92 Å². The zero-order valence-corrected chi connectivity index (χ0v) is 13.8. The Morgan fingerprint density at radius 2 is 1.76 bits per heavy atom. The molecule has 0 unspecified atom stereocenters. The topological polar surface area (TPSA) is 21.3 Å². The Morgan fingerprint density at radius 3 is 2.52 bits per heavy atom. The van der Waals surface area contributed by atoms with Crippen molar-refractivity contribution in [2.45, 2.75) is 26.8 Å². The minimum atomic E-state index is 0.640. The van der Waals surface area contributed by atoms with Crippen molar-refractivity contribution in [1.82, 2.24) is 0 Å². The Labute approximate surface area is 136 Å². The second-order valence-electron chi connectivity index (χ2n) is 4.91. The van der Waals surface area contributed by atoms with Crippen LogP contribution in [0.2, 0.25) is 10.0 Å². The normalized spacial score (nSPS) is 10.5. The molecule has 2 nitrogen and oxygen atoms in total. The maximum absolute atomic E-state index is 6.08. The first-order chi connectivity index (χ1) is 10.1. The van der Waals surface area contributed by atoms with Crippen LogP contribution >= 0.6 is 23.2 Å². The van der Waals surface area contributed by atoms with Gasteiger partial charge in [0.15, 0.2) is 0 Å². The highest BCUT2D eigenvalue weighted by Crippen LogP contribution is 2.26. The van der Waals surface area contributed by atoms with E-state index in [1.165, 1.54) is 0 Å². The van der Waals surface area contributed by atoms with Crippen LogP contribution in [0.5, 0.6) is 5.75 Å². The van der Waals surface area contributed by atoms with Crippen LogP contribution in [0.25, 0.3) is 0 Å². The van der Waals surface area contributed by atoms with Crippen LogP contribution in [0.4, 0.5) is 5.69 Å². The van der Waals surface area contributed by atoms with Gasteiger partial charge in [-0.1, -0.05) is 36.2 Å². The van der Waals surface area contributed by atoms with Gasteiger partial charge >= 0.3 is 0 Å². The molecule has 0 saturated carbocycles. The van der Waals surface area contributed by atoms with Crippen LogP contribution < -0.4 is 10.1 Å². The molecule has 0 aromatic heterocycles. The second kappa shape index (κ2) is 7.58. The van der Waals surface area contributed by atoms with Crippen molar-refractivity contribution in [3.8, 4) is 5.75 Å². The number of rotatable bonds is 6. The first-order valence-corrected chi connectivity index (χ1v) is 7.77. The Morgan fingerprint density at radius 1 is 1.05 bits per heavy atom. The standard InChI is InChI=1S/C17H19Cl2NO/c1-3-8-21-17-7-6-14(18)9-13(17)11-20-16-10-15(19)5-4-12(16)2/h4-7,9-10,20H,3,8,11H2,1-2H3. The fourth-order valence-electron chi connectivity index (χ4n) is 2.01.